The van der Waals surface area contributed by atoms with Gasteiger partial charge in [-0.25, -0.2) is 0 Å². The first-order valence-corrected chi connectivity index (χ1v) is 10.3. The maximum absolute atomic E-state index is 12.6. The number of amides is 2. The lowest BCUT2D eigenvalue weighted by Gasteiger charge is -2.25. The molecule has 1 saturated heterocycles. The molecule has 0 spiro atoms. The van der Waals surface area contributed by atoms with Crippen LogP contribution in [-0.2, 0) is 4.74 Å². The van der Waals surface area contributed by atoms with Crippen LogP contribution in [0.4, 0.5) is 0 Å². The van der Waals surface area contributed by atoms with Crippen molar-refractivity contribution in [2.45, 2.75) is 12.5 Å². The van der Waals surface area contributed by atoms with Crippen LogP contribution >= 0.6 is 0 Å². The van der Waals surface area contributed by atoms with Gasteiger partial charge in [0.15, 0.2) is 6.73 Å². The molecule has 33 heavy (non-hydrogen) atoms. The number of rotatable bonds is 6. The summed E-state index contributed by atoms with van der Waals surface area (Å²) in [5, 5.41) is 0. The summed E-state index contributed by atoms with van der Waals surface area (Å²) in [5.74, 6) is 0.894. The highest BCUT2D eigenvalue weighted by Crippen LogP contribution is 2.33. The van der Waals surface area contributed by atoms with Gasteiger partial charge in [0.25, 0.3) is 11.8 Å². The Kier molecular flexibility index (Phi) is 6.45. The minimum absolute atomic E-state index is 0.0260. The van der Waals surface area contributed by atoms with Gasteiger partial charge < -0.3 is 35.3 Å². The summed E-state index contributed by atoms with van der Waals surface area (Å²) in [6, 6.07) is 9.68. The summed E-state index contributed by atoms with van der Waals surface area (Å²) in [7, 11) is 1.66. The first-order chi connectivity index (χ1) is 15.9. The molecule has 10 nitrogen and oxygen atoms in total. The van der Waals surface area contributed by atoms with Gasteiger partial charge >= 0.3 is 0 Å². The first-order valence-electron chi connectivity index (χ1n) is 10.3. The van der Waals surface area contributed by atoms with E-state index in [0.717, 1.165) is 6.42 Å². The van der Waals surface area contributed by atoms with Gasteiger partial charge in [-0.2, -0.15) is 4.99 Å². The van der Waals surface area contributed by atoms with Crippen molar-refractivity contribution >= 4 is 17.6 Å². The second kappa shape index (κ2) is 9.61. The van der Waals surface area contributed by atoms with E-state index in [9.17, 15) is 9.59 Å². The topological polar surface area (TPSA) is 139 Å². The molecule has 0 saturated carbocycles. The number of ether oxygens (including phenoxy) is 4. The summed E-state index contributed by atoms with van der Waals surface area (Å²) in [5.41, 5.74) is 11.6. The lowest BCUT2D eigenvalue weighted by atomic mass is 10.1. The number of benzene rings is 2. The van der Waals surface area contributed by atoms with Crippen molar-refractivity contribution in [3.63, 3.8) is 0 Å². The molecule has 4 N–H and O–H groups in total. The average molecular weight is 452 g/mol. The standard InChI is InChI=1S/C23H24N4O6/c1-27-13-31-20-11-15(2-3-19(20)23(27)29)32-17-8-14(22(28)26-21(25)4-6-24)9-18(10-17)33-16-5-7-30-12-16/h2-4,6,8-11,16H,5,7,12-13,24H2,1H3,(H2,25,26,28)/b6-4-. The molecule has 1 atom stereocenters. The van der Waals surface area contributed by atoms with Gasteiger partial charge in [-0.3, -0.25) is 9.59 Å². The lowest BCUT2D eigenvalue weighted by Crippen LogP contribution is -2.35. The molecule has 4 rings (SSSR count). The molecule has 172 valence electrons. The molecule has 2 heterocycles. The molecule has 2 aromatic carbocycles. The maximum atomic E-state index is 12.6. The molecule has 10 heteroatoms. The summed E-state index contributed by atoms with van der Waals surface area (Å²) in [6.45, 7) is 1.23. The Morgan fingerprint density at radius 2 is 2.03 bits per heavy atom. The zero-order valence-corrected chi connectivity index (χ0v) is 18.0. The van der Waals surface area contributed by atoms with Crippen molar-refractivity contribution in [3.05, 3.63) is 59.8 Å². The number of carbonyl (C=O) groups excluding carboxylic acids is 2. The quantitative estimate of drug-likeness (QED) is 0.501. The van der Waals surface area contributed by atoms with Gasteiger partial charge in [0.1, 0.15) is 34.9 Å². The molecule has 2 aromatic rings. The Morgan fingerprint density at radius 1 is 1.21 bits per heavy atom. The maximum Gasteiger partial charge on any atom is 0.279 e. The molecular formula is C23H24N4O6. The number of hydrogen-bond donors (Lipinski definition) is 2. The van der Waals surface area contributed by atoms with Crippen LogP contribution in [0.25, 0.3) is 0 Å². The summed E-state index contributed by atoms with van der Waals surface area (Å²) in [6.07, 6.45) is 3.13. The van der Waals surface area contributed by atoms with Crippen LogP contribution in [-0.4, -0.2) is 55.6 Å². The third-order valence-electron chi connectivity index (χ3n) is 4.99. The van der Waals surface area contributed by atoms with E-state index in [4.69, 9.17) is 30.4 Å². The monoisotopic (exact) mass is 452 g/mol. The molecule has 2 aliphatic rings. The summed E-state index contributed by atoms with van der Waals surface area (Å²) >= 11 is 0. The van der Waals surface area contributed by atoms with Crippen LogP contribution in [0, 0.1) is 0 Å². The van der Waals surface area contributed by atoms with Crippen LogP contribution in [0.5, 0.6) is 23.0 Å². The highest BCUT2D eigenvalue weighted by molar-refractivity contribution is 6.06. The van der Waals surface area contributed by atoms with Crippen molar-refractivity contribution in [3.8, 4) is 23.0 Å². The van der Waals surface area contributed by atoms with Crippen molar-refractivity contribution in [1.29, 1.82) is 0 Å². The largest absolute Gasteiger partial charge is 0.488 e. The van der Waals surface area contributed by atoms with Crippen LogP contribution in [0.3, 0.4) is 0 Å². The second-order valence-electron chi connectivity index (χ2n) is 7.53. The molecular weight excluding hydrogens is 428 g/mol. The predicted molar refractivity (Wildman–Crippen MR) is 120 cm³/mol. The van der Waals surface area contributed by atoms with Gasteiger partial charge in [-0.1, -0.05) is 0 Å². The van der Waals surface area contributed by atoms with Crippen LogP contribution in [0.2, 0.25) is 0 Å². The Morgan fingerprint density at radius 3 is 2.79 bits per heavy atom. The van der Waals surface area contributed by atoms with E-state index in [0.29, 0.717) is 41.8 Å². The smallest absolute Gasteiger partial charge is 0.279 e. The molecule has 2 aliphatic heterocycles. The number of carbonyl (C=O) groups is 2. The Labute approximate surface area is 190 Å². The van der Waals surface area contributed by atoms with Gasteiger partial charge in [-0.15, -0.1) is 0 Å². The first kappa shape index (κ1) is 22.2. The van der Waals surface area contributed by atoms with Gasteiger partial charge in [-0.05, 0) is 36.5 Å². The molecule has 2 amide bonds. The highest BCUT2D eigenvalue weighted by atomic mass is 16.5. The van der Waals surface area contributed by atoms with Gasteiger partial charge in [0, 0.05) is 31.2 Å². The zero-order valence-electron chi connectivity index (χ0n) is 18.0. The van der Waals surface area contributed by atoms with Crippen LogP contribution < -0.4 is 25.7 Å². The van der Waals surface area contributed by atoms with E-state index in [1.807, 2.05) is 0 Å². The number of nitrogens with zero attached hydrogens (tertiary/aromatic N) is 2. The molecule has 0 radical (unpaired) electrons. The van der Waals surface area contributed by atoms with E-state index in [2.05, 4.69) is 4.99 Å². The Bertz CT molecular complexity index is 1120. The van der Waals surface area contributed by atoms with E-state index in [1.54, 1.807) is 37.4 Å². The van der Waals surface area contributed by atoms with Crippen molar-refractivity contribution in [2.24, 2.45) is 16.5 Å². The molecule has 1 fully saturated rings. The lowest BCUT2D eigenvalue weighted by molar-refractivity contribution is 0.0595. The Hall–Kier alpha value is -4.05. The number of fused-ring (bicyclic) bond motifs is 1. The third kappa shape index (κ3) is 5.24. The third-order valence-corrected chi connectivity index (χ3v) is 4.99. The van der Waals surface area contributed by atoms with E-state index < -0.39 is 5.91 Å². The predicted octanol–water partition coefficient (Wildman–Crippen LogP) is 2.04. The van der Waals surface area contributed by atoms with Crippen LogP contribution in [0.15, 0.2) is 53.7 Å². The van der Waals surface area contributed by atoms with E-state index in [1.165, 1.54) is 23.2 Å². The minimum atomic E-state index is -0.578. The Balaban J connectivity index is 1.63. The highest BCUT2D eigenvalue weighted by Gasteiger charge is 2.23. The second-order valence-corrected chi connectivity index (χ2v) is 7.53. The van der Waals surface area contributed by atoms with E-state index >= 15 is 0 Å². The summed E-state index contributed by atoms with van der Waals surface area (Å²) in [4.78, 5) is 30.2. The average Bonchev–Trinajstić information content (AvgIpc) is 3.29. The zero-order chi connectivity index (χ0) is 23.4. The fourth-order valence-electron chi connectivity index (χ4n) is 3.37. The molecule has 0 aromatic heterocycles. The number of nitrogens with two attached hydrogens (primary N) is 2. The summed E-state index contributed by atoms with van der Waals surface area (Å²) < 4.78 is 22.9. The number of amidine groups is 1. The van der Waals surface area contributed by atoms with Crippen molar-refractivity contribution in [2.75, 3.05) is 27.0 Å². The van der Waals surface area contributed by atoms with Crippen molar-refractivity contribution < 1.29 is 28.5 Å². The SMILES string of the molecule is CN1COc2cc(Oc3cc(OC4CCOC4)cc(C(=O)N=C(N)/C=C\N)c3)ccc2C1=O. The van der Waals surface area contributed by atoms with E-state index in [-0.39, 0.29) is 30.1 Å². The fourth-order valence-corrected chi connectivity index (χ4v) is 3.37. The van der Waals surface area contributed by atoms with Gasteiger partial charge in [0.2, 0.25) is 0 Å². The van der Waals surface area contributed by atoms with Crippen LogP contribution in [0.1, 0.15) is 27.1 Å². The number of hydrogen-bond acceptors (Lipinski definition) is 7. The van der Waals surface area contributed by atoms with Gasteiger partial charge in [0.05, 0.1) is 18.8 Å². The molecule has 1 unspecified atom stereocenters. The molecule has 0 bridgehead atoms. The molecule has 0 aliphatic carbocycles. The minimum Gasteiger partial charge on any atom is -0.488 e. The normalized spacial score (nSPS) is 18.2. The van der Waals surface area contributed by atoms with Crippen molar-refractivity contribution in [1.82, 2.24) is 4.90 Å². The number of aliphatic imine (C=N–C) groups is 1. The fraction of sp³-hybridized carbons (Fsp3) is 0.261.